The summed E-state index contributed by atoms with van der Waals surface area (Å²) in [6.45, 7) is 25.2. The Hall–Kier alpha value is -4.08. The van der Waals surface area contributed by atoms with Crippen LogP contribution in [0.25, 0.3) is 10.8 Å². The highest BCUT2D eigenvalue weighted by molar-refractivity contribution is 5.92. The molecule has 0 bridgehead atoms. The van der Waals surface area contributed by atoms with Gasteiger partial charge in [0.05, 0.1) is 12.5 Å². The molecule has 3 amide bonds. The molecule has 48 heavy (non-hydrogen) atoms. The molecule has 4 rings (SSSR count). The Morgan fingerprint density at radius 3 is 2.08 bits per heavy atom. The third kappa shape index (κ3) is 14.8. The first-order chi connectivity index (χ1) is 22.5. The summed E-state index contributed by atoms with van der Waals surface area (Å²) in [5, 5.41) is 14.0. The van der Waals surface area contributed by atoms with Crippen LogP contribution in [0.4, 0.5) is 4.79 Å². The Labute approximate surface area is 288 Å². The lowest BCUT2D eigenvalue weighted by molar-refractivity contribution is -0.144. The molecule has 4 atom stereocenters. The smallest absolute Gasteiger partial charge is 0.408 e. The average Bonchev–Trinajstić information content (AvgIpc) is 3.66. The first-order valence-electron chi connectivity index (χ1n) is 17.0. The second-order valence-corrected chi connectivity index (χ2v) is 13.0. The Bertz CT molecular complexity index is 1310. The van der Waals surface area contributed by atoms with E-state index in [1.807, 2.05) is 97.9 Å². The average molecular weight is 672 g/mol. The molecule has 0 aromatic heterocycles. The van der Waals surface area contributed by atoms with E-state index in [0.717, 1.165) is 23.6 Å². The second-order valence-electron chi connectivity index (χ2n) is 13.0. The van der Waals surface area contributed by atoms with Gasteiger partial charge in [-0.25, -0.2) is 4.79 Å². The van der Waals surface area contributed by atoms with Crippen molar-refractivity contribution in [2.24, 2.45) is 23.0 Å². The molecule has 2 aromatic carbocycles. The SMILES string of the molecule is C=CC1C[C@H]1C(=O)OCC.CC.CC.CC(C)(C)OC(=O)N[C@H](C(=O)N1CCCC1C(N)=O)C(C)(C)C.Oc1cccc2ccccc12. The number of primary amides is 1. The summed E-state index contributed by atoms with van der Waals surface area (Å²) in [6.07, 6.45) is 3.39. The van der Waals surface area contributed by atoms with Gasteiger partial charge in [-0.2, -0.15) is 0 Å². The lowest BCUT2D eigenvalue weighted by Gasteiger charge is -2.35. The molecule has 10 heteroatoms. The van der Waals surface area contributed by atoms with Gasteiger partial charge in [0.1, 0.15) is 23.4 Å². The Kier molecular flexibility index (Phi) is 19.2. The van der Waals surface area contributed by atoms with Crippen molar-refractivity contribution < 1.29 is 33.8 Å². The van der Waals surface area contributed by atoms with Crippen molar-refractivity contribution in [3.63, 3.8) is 0 Å². The first kappa shape index (κ1) is 43.9. The van der Waals surface area contributed by atoms with E-state index in [0.29, 0.717) is 31.2 Å². The number of nitrogens with two attached hydrogens (primary N) is 1. The number of hydrogen-bond donors (Lipinski definition) is 3. The molecule has 2 aliphatic rings. The molecular formula is C38H61N3O7. The minimum Gasteiger partial charge on any atom is -0.507 e. The quantitative estimate of drug-likeness (QED) is 0.214. The number of amides is 3. The molecule has 1 aliphatic heterocycles. The van der Waals surface area contributed by atoms with Crippen LogP contribution in [-0.4, -0.2) is 64.7 Å². The molecule has 270 valence electrons. The third-order valence-corrected chi connectivity index (χ3v) is 7.14. The number of carbonyl (C=O) groups excluding carboxylic acids is 4. The van der Waals surface area contributed by atoms with Crippen molar-refractivity contribution in [1.29, 1.82) is 0 Å². The van der Waals surface area contributed by atoms with Gasteiger partial charge in [0.15, 0.2) is 0 Å². The Balaban J connectivity index is 0.000000729. The minimum atomic E-state index is -0.794. The van der Waals surface area contributed by atoms with E-state index in [2.05, 4.69) is 11.9 Å². The molecular weight excluding hydrogens is 610 g/mol. The van der Waals surface area contributed by atoms with E-state index < -0.39 is 35.1 Å². The molecule has 1 saturated carbocycles. The van der Waals surface area contributed by atoms with Crippen LogP contribution in [0, 0.1) is 17.3 Å². The zero-order valence-electron chi connectivity index (χ0n) is 31.1. The molecule has 2 aromatic rings. The molecule has 1 heterocycles. The molecule has 0 spiro atoms. The summed E-state index contributed by atoms with van der Waals surface area (Å²) < 4.78 is 10.0. The van der Waals surface area contributed by atoms with Crippen molar-refractivity contribution in [2.75, 3.05) is 13.2 Å². The van der Waals surface area contributed by atoms with E-state index in [1.165, 1.54) is 4.90 Å². The van der Waals surface area contributed by atoms with Gasteiger partial charge in [-0.15, -0.1) is 6.58 Å². The molecule has 2 unspecified atom stereocenters. The maximum absolute atomic E-state index is 12.9. The van der Waals surface area contributed by atoms with Gasteiger partial charge >= 0.3 is 12.1 Å². The number of alkyl carbamates (subject to hydrolysis) is 1. The lowest BCUT2D eigenvalue weighted by atomic mass is 9.85. The number of nitrogens with zero attached hydrogens (tertiary/aromatic N) is 1. The van der Waals surface area contributed by atoms with Crippen LogP contribution in [0.2, 0.25) is 0 Å². The number of allylic oxidation sites excluding steroid dienone is 1. The van der Waals surface area contributed by atoms with Gasteiger partial charge in [-0.05, 0) is 69.7 Å². The standard InChI is InChI=1S/C16H29N3O4.C10H8O.C8H12O2.2C2H6/c1-15(2,3)11(18-14(22)23-16(4,5)6)13(21)19-9-7-8-10(19)12(17)20;11-10-7-3-5-8-4-1-2-6-9(8)10;1-3-6-5-7(6)8(9)10-4-2;2*1-2/h10-11H,7-9H2,1-6H3,(H2,17,20)(H,18,22);1-7,11H;3,6-7H,1,4-5H2,2H3;2*1-2H3/t10?,11-;;6?,7-;;/m1.1../s1. The Morgan fingerprint density at radius 1 is 1.02 bits per heavy atom. The normalized spacial score (nSPS) is 18.3. The van der Waals surface area contributed by atoms with Gasteiger partial charge in [0, 0.05) is 11.9 Å². The van der Waals surface area contributed by atoms with Crippen LogP contribution < -0.4 is 11.1 Å². The van der Waals surface area contributed by atoms with Crippen molar-refractivity contribution in [2.45, 2.75) is 113 Å². The molecule has 1 aliphatic carbocycles. The van der Waals surface area contributed by atoms with E-state index in [-0.39, 0.29) is 17.8 Å². The lowest BCUT2D eigenvalue weighted by Crippen LogP contribution is -2.57. The predicted molar refractivity (Wildman–Crippen MR) is 193 cm³/mol. The zero-order chi connectivity index (χ0) is 37.2. The van der Waals surface area contributed by atoms with E-state index in [9.17, 15) is 24.3 Å². The number of aromatic hydroxyl groups is 1. The fourth-order valence-electron chi connectivity index (χ4n) is 4.77. The largest absolute Gasteiger partial charge is 0.507 e. The summed E-state index contributed by atoms with van der Waals surface area (Å²) in [6, 6.07) is 11.9. The summed E-state index contributed by atoms with van der Waals surface area (Å²) in [4.78, 5) is 48.8. The number of esters is 1. The number of likely N-dealkylation sites (tertiary alicyclic amines) is 1. The van der Waals surface area contributed by atoms with Gasteiger partial charge in [0.25, 0.3) is 0 Å². The number of nitrogens with one attached hydrogen (secondary N) is 1. The third-order valence-electron chi connectivity index (χ3n) is 7.14. The highest BCUT2D eigenvalue weighted by Crippen LogP contribution is 2.40. The van der Waals surface area contributed by atoms with E-state index in [1.54, 1.807) is 26.8 Å². The maximum Gasteiger partial charge on any atom is 0.408 e. The molecule has 10 nitrogen and oxygen atoms in total. The number of benzene rings is 2. The molecule has 0 radical (unpaired) electrons. The number of hydrogen-bond acceptors (Lipinski definition) is 7. The molecule has 2 fully saturated rings. The number of ether oxygens (including phenoxy) is 2. The first-order valence-corrected chi connectivity index (χ1v) is 17.0. The van der Waals surface area contributed by atoms with Crippen LogP contribution in [0.1, 0.15) is 95.4 Å². The molecule has 1 saturated heterocycles. The number of rotatable bonds is 6. The van der Waals surface area contributed by atoms with Crippen molar-refractivity contribution in [3.05, 3.63) is 55.1 Å². The summed E-state index contributed by atoms with van der Waals surface area (Å²) in [5.74, 6) is -0.0163. The number of phenols is 1. The number of carbonyl (C=O) groups is 4. The van der Waals surface area contributed by atoms with Crippen LogP contribution >= 0.6 is 0 Å². The predicted octanol–water partition coefficient (Wildman–Crippen LogP) is 7.37. The monoisotopic (exact) mass is 671 g/mol. The van der Waals surface area contributed by atoms with Crippen LogP contribution in [0.5, 0.6) is 5.75 Å². The number of fused-ring (bicyclic) bond motifs is 1. The highest BCUT2D eigenvalue weighted by atomic mass is 16.6. The van der Waals surface area contributed by atoms with Gasteiger partial charge in [-0.1, -0.05) is 90.9 Å². The fraction of sp³-hybridized carbons (Fsp3) is 0.579. The van der Waals surface area contributed by atoms with Crippen molar-refractivity contribution >= 4 is 34.6 Å². The minimum absolute atomic E-state index is 0.0626. The van der Waals surface area contributed by atoms with Crippen LogP contribution in [-0.2, 0) is 23.9 Å². The summed E-state index contributed by atoms with van der Waals surface area (Å²) >= 11 is 0. The van der Waals surface area contributed by atoms with E-state index in [4.69, 9.17) is 15.2 Å². The second kappa shape index (κ2) is 21.0. The van der Waals surface area contributed by atoms with Crippen molar-refractivity contribution in [3.8, 4) is 5.75 Å². The van der Waals surface area contributed by atoms with Gasteiger partial charge < -0.3 is 30.5 Å². The topological polar surface area (TPSA) is 148 Å². The zero-order valence-corrected chi connectivity index (χ0v) is 31.1. The summed E-state index contributed by atoms with van der Waals surface area (Å²) in [5.41, 5.74) is 4.19. The fourth-order valence-corrected chi connectivity index (χ4v) is 4.77. The Morgan fingerprint density at radius 2 is 1.60 bits per heavy atom. The number of phenolic OH excluding ortho intramolecular Hbond substituents is 1. The van der Waals surface area contributed by atoms with Crippen LogP contribution in [0.3, 0.4) is 0 Å². The van der Waals surface area contributed by atoms with Gasteiger partial charge in [0.2, 0.25) is 11.8 Å². The molecule has 4 N–H and O–H groups in total. The van der Waals surface area contributed by atoms with Gasteiger partial charge in [-0.3, -0.25) is 14.4 Å². The van der Waals surface area contributed by atoms with Crippen LogP contribution in [0.15, 0.2) is 55.1 Å². The maximum atomic E-state index is 12.9. The van der Waals surface area contributed by atoms with Crippen molar-refractivity contribution in [1.82, 2.24) is 10.2 Å². The summed E-state index contributed by atoms with van der Waals surface area (Å²) in [7, 11) is 0. The highest BCUT2D eigenvalue weighted by Gasteiger charge is 2.42. The van der Waals surface area contributed by atoms with E-state index >= 15 is 0 Å².